The minimum absolute atomic E-state index is 0.0854. The summed E-state index contributed by atoms with van der Waals surface area (Å²) in [6.45, 7) is 0.741. The summed E-state index contributed by atoms with van der Waals surface area (Å²) in [7, 11) is 0. The lowest BCUT2D eigenvalue weighted by Gasteiger charge is -2.15. The fourth-order valence-corrected chi connectivity index (χ4v) is 4.23. The number of nitrogens with zero attached hydrogens (tertiary/aromatic N) is 2. The summed E-state index contributed by atoms with van der Waals surface area (Å²) in [6, 6.07) is 21.3. The summed E-state index contributed by atoms with van der Waals surface area (Å²) >= 11 is 0. The molecule has 35 heavy (non-hydrogen) atoms. The lowest BCUT2D eigenvalue weighted by molar-refractivity contribution is -0.384. The van der Waals surface area contributed by atoms with E-state index in [4.69, 9.17) is 0 Å². The van der Waals surface area contributed by atoms with E-state index in [1.54, 1.807) is 11.0 Å². The Balaban J connectivity index is 1.50. The molecule has 1 saturated heterocycles. The zero-order chi connectivity index (χ0) is 24.4. The first-order valence-corrected chi connectivity index (χ1v) is 11.2. The van der Waals surface area contributed by atoms with Crippen molar-refractivity contribution >= 4 is 46.2 Å². The smallest absolute Gasteiger partial charge is 0.270 e. The van der Waals surface area contributed by atoms with Crippen molar-refractivity contribution in [1.29, 1.82) is 0 Å². The molecule has 0 saturated carbocycles. The van der Waals surface area contributed by atoms with Crippen molar-refractivity contribution in [2.75, 3.05) is 17.2 Å². The molecule has 8 nitrogen and oxygen atoms in total. The Morgan fingerprint density at radius 2 is 1.80 bits per heavy atom. The molecule has 2 N–H and O–H groups in total. The molecular formula is C27H22N4O4. The molecule has 0 aromatic heterocycles. The highest BCUT2D eigenvalue weighted by Crippen LogP contribution is 2.39. The van der Waals surface area contributed by atoms with Gasteiger partial charge in [0, 0.05) is 48.2 Å². The number of nitro groups is 1. The predicted octanol–water partition coefficient (Wildman–Crippen LogP) is 5.12. The summed E-state index contributed by atoms with van der Waals surface area (Å²) in [6.07, 6.45) is 5.16. The zero-order valence-electron chi connectivity index (χ0n) is 18.7. The number of fused-ring (bicyclic) bond motifs is 1. The third kappa shape index (κ3) is 4.54. The van der Waals surface area contributed by atoms with Crippen molar-refractivity contribution in [2.45, 2.75) is 12.8 Å². The second kappa shape index (κ2) is 9.26. The minimum Gasteiger partial charge on any atom is -0.354 e. The van der Waals surface area contributed by atoms with Gasteiger partial charge in [0.05, 0.1) is 16.2 Å². The number of hydrogen-bond donors (Lipinski definition) is 2. The SMILES string of the molecule is O=C1Nc2ccc([N+](=O)[O-])cc2/C1=C(/Nc1ccc(/C=C/N2CCCC2=O)cc1)c1ccccc1. The second-order valence-corrected chi connectivity index (χ2v) is 8.31. The number of nitrogens with one attached hydrogen (secondary N) is 2. The first-order chi connectivity index (χ1) is 17.0. The highest BCUT2D eigenvalue weighted by atomic mass is 16.6. The number of non-ortho nitro benzene ring substituents is 1. The number of hydrogen-bond acceptors (Lipinski definition) is 5. The van der Waals surface area contributed by atoms with Crippen molar-refractivity contribution in [2.24, 2.45) is 0 Å². The van der Waals surface area contributed by atoms with Crippen LogP contribution in [0.15, 0.2) is 79.0 Å². The van der Waals surface area contributed by atoms with Gasteiger partial charge < -0.3 is 15.5 Å². The molecule has 0 atom stereocenters. The van der Waals surface area contributed by atoms with Crippen LogP contribution in [0, 0.1) is 10.1 Å². The van der Waals surface area contributed by atoms with Crippen LogP contribution in [0.4, 0.5) is 17.1 Å². The lowest BCUT2D eigenvalue weighted by Crippen LogP contribution is -2.16. The van der Waals surface area contributed by atoms with Gasteiger partial charge in [-0.2, -0.15) is 0 Å². The Kier molecular flexibility index (Phi) is 5.85. The molecular weight excluding hydrogens is 444 g/mol. The van der Waals surface area contributed by atoms with Gasteiger partial charge in [0.15, 0.2) is 0 Å². The first kappa shape index (κ1) is 22.1. The van der Waals surface area contributed by atoms with E-state index in [0.29, 0.717) is 28.9 Å². The maximum atomic E-state index is 13.0. The van der Waals surface area contributed by atoms with E-state index in [-0.39, 0.29) is 17.5 Å². The van der Waals surface area contributed by atoms with Gasteiger partial charge in [-0.3, -0.25) is 19.7 Å². The van der Waals surface area contributed by atoms with Crippen LogP contribution in [0.25, 0.3) is 17.3 Å². The predicted molar refractivity (Wildman–Crippen MR) is 135 cm³/mol. The van der Waals surface area contributed by atoms with Crippen LogP contribution < -0.4 is 10.6 Å². The van der Waals surface area contributed by atoms with Crippen molar-refractivity contribution in [3.8, 4) is 0 Å². The molecule has 0 radical (unpaired) electrons. The maximum Gasteiger partial charge on any atom is 0.270 e. The fourth-order valence-electron chi connectivity index (χ4n) is 4.23. The molecule has 2 heterocycles. The number of anilines is 2. The lowest BCUT2D eigenvalue weighted by atomic mass is 9.99. The summed E-state index contributed by atoms with van der Waals surface area (Å²) in [5, 5.41) is 17.5. The van der Waals surface area contributed by atoms with Gasteiger partial charge >= 0.3 is 0 Å². The summed E-state index contributed by atoms with van der Waals surface area (Å²) in [4.78, 5) is 37.4. The van der Waals surface area contributed by atoms with E-state index in [1.165, 1.54) is 12.1 Å². The Hall–Kier alpha value is -4.72. The number of nitro benzene ring substituents is 1. The van der Waals surface area contributed by atoms with Gasteiger partial charge in [0.25, 0.3) is 11.6 Å². The van der Waals surface area contributed by atoms with Crippen LogP contribution in [-0.4, -0.2) is 28.2 Å². The number of amides is 2. The number of carbonyl (C=O) groups excluding carboxylic acids is 2. The summed E-state index contributed by atoms with van der Waals surface area (Å²) in [5.74, 6) is -0.198. The molecule has 1 fully saturated rings. The van der Waals surface area contributed by atoms with E-state index in [9.17, 15) is 19.7 Å². The van der Waals surface area contributed by atoms with Gasteiger partial charge in [-0.05, 0) is 41.8 Å². The normalized spacial score (nSPS) is 16.4. The Bertz CT molecular complexity index is 1380. The highest BCUT2D eigenvalue weighted by molar-refractivity contribution is 6.37. The minimum atomic E-state index is -0.474. The molecule has 174 valence electrons. The van der Waals surface area contributed by atoms with Crippen molar-refractivity contribution in [1.82, 2.24) is 4.90 Å². The van der Waals surface area contributed by atoms with E-state index in [1.807, 2.05) is 66.9 Å². The number of rotatable bonds is 6. The largest absolute Gasteiger partial charge is 0.354 e. The maximum absolute atomic E-state index is 13.0. The molecule has 0 spiro atoms. The van der Waals surface area contributed by atoms with Gasteiger partial charge in [-0.15, -0.1) is 0 Å². The quantitative estimate of drug-likeness (QED) is 0.298. The summed E-state index contributed by atoms with van der Waals surface area (Å²) < 4.78 is 0. The van der Waals surface area contributed by atoms with E-state index in [2.05, 4.69) is 10.6 Å². The molecule has 5 rings (SSSR count). The zero-order valence-corrected chi connectivity index (χ0v) is 18.7. The van der Waals surface area contributed by atoms with Crippen LogP contribution in [0.2, 0.25) is 0 Å². The number of carbonyl (C=O) groups is 2. The average Bonchev–Trinajstić information content (AvgIpc) is 3.43. The van der Waals surface area contributed by atoms with Crippen LogP contribution in [0.1, 0.15) is 29.5 Å². The van der Waals surface area contributed by atoms with E-state index >= 15 is 0 Å². The van der Waals surface area contributed by atoms with Crippen LogP contribution in [0.5, 0.6) is 0 Å². The Morgan fingerprint density at radius 1 is 1.03 bits per heavy atom. The van der Waals surface area contributed by atoms with Crippen LogP contribution in [-0.2, 0) is 9.59 Å². The third-order valence-corrected chi connectivity index (χ3v) is 6.01. The third-order valence-electron chi connectivity index (χ3n) is 6.01. The molecule has 2 aliphatic heterocycles. The molecule has 8 heteroatoms. The standard InChI is InChI=1S/C27H22N4O4/c32-24-7-4-15-30(24)16-14-18-8-10-20(11-9-18)28-26(19-5-2-1-3-6-19)25-22-17-21(31(34)35)12-13-23(22)29-27(25)33/h1-3,5-6,8-14,16-17,28H,4,7,15H2,(H,29,33)/b16-14+,26-25-. The summed E-state index contributed by atoms with van der Waals surface area (Å²) in [5.41, 5.74) is 4.26. The van der Waals surface area contributed by atoms with E-state index in [0.717, 1.165) is 29.8 Å². The molecule has 0 bridgehead atoms. The van der Waals surface area contributed by atoms with Gasteiger partial charge in [0.1, 0.15) is 0 Å². The first-order valence-electron chi connectivity index (χ1n) is 11.2. The van der Waals surface area contributed by atoms with Crippen molar-refractivity contribution < 1.29 is 14.5 Å². The Morgan fingerprint density at radius 3 is 2.49 bits per heavy atom. The van der Waals surface area contributed by atoms with E-state index < -0.39 is 4.92 Å². The van der Waals surface area contributed by atoms with Crippen LogP contribution >= 0.6 is 0 Å². The number of benzene rings is 3. The van der Waals surface area contributed by atoms with Gasteiger partial charge in [0.2, 0.25) is 5.91 Å². The van der Waals surface area contributed by atoms with Crippen molar-refractivity contribution in [3.05, 3.63) is 106 Å². The monoisotopic (exact) mass is 466 g/mol. The molecule has 2 aliphatic rings. The fraction of sp³-hybridized carbons (Fsp3) is 0.111. The molecule has 0 aliphatic carbocycles. The van der Waals surface area contributed by atoms with Gasteiger partial charge in [-0.25, -0.2) is 0 Å². The molecule has 0 unspecified atom stereocenters. The highest BCUT2D eigenvalue weighted by Gasteiger charge is 2.30. The molecule has 2 amide bonds. The van der Waals surface area contributed by atoms with Crippen molar-refractivity contribution in [3.63, 3.8) is 0 Å². The average molecular weight is 466 g/mol. The second-order valence-electron chi connectivity index (χ2n) is 8.31. The number of likely N-dealkylation sites (tertiary alicyclic amines) is 1. The van der Waals surface area contributed by atoms with Crippen LogP contribution in [0.3, 0.4) is 0 Å². The topological polar surface area (TPSA) is 105 Å². The molecule has 3 aromatic carbocycles. The van der Waals surface area contributed by atoms with Gasteiger partial charge in [-0.1, -0.05) is 42.5 Å². The Labute approximate surface area is 201 Å². The molecule has 3 aromatic rings.